The molecule has 0 fully saturated rings. The van der Waals surface area contributed by atoms with Crippen LogP contribution in [0.15, 0.2) is 53.1 Å². The normalized spacial score (nSPS) is 11.3. The van der Waals surface area contributed by atoms with Crippen molar-refractivity contribution in [3.05, 3.63) is 75.4 Å². The maximum atomic E-state index is 13.0. The molecule has 0 spiro atoms. The highest BCUT2D eigenvalue weighted by Crippen LogP contribution is 2.39. The Bertz CT molecular complexity index is 1190. The molecule has 0 aromatic heterocycles. The van der Waals surface area contributed by atoms with Gasteiger partial charge in [0.2, 0.25) is 0 Å². The molecule has 0 aliphatic heterocycles. The topological polar surface area (TPSA) is 118 Å². The van der Waals surface area contributed by atoms with Gasteiger partial charge in [-0.2, -0.15) is 0 Å². The maximum Gasteiger partial charge on any atom is 0.170 e. The number of Topliss-reactive ketones (excluding diaryl/α,β-unsaturated/α-hetero) is 1. The van der Waals surface area contributed by atoms with Crippen LogP contribution in [0.3, 0.4) is 0 Å². The van der Waals surface area contributed by atoms with E-state index in [1.54, 1.807) is 6.07 Å². The molecule has 0 atom stereocenters. The summed E-state index contributed by atoms with van der Waals surface area (Å²) in [4.78, 5) is 13.0. The SMILES string of the molecule is CC(C)=CCCC(C)=CCc1c(O)cc(O)c(C(=O)CCc2cc(O)c(O)c(CC=C(C)C)c2)c1O. The minimum atomic E-state index is -0.492. The number of carbonyl (C=O) groups is 1. The first-order valence-electron chi connectivity index (χ1n) is 12.2. The lowest BCUT2D eigenvalue weighted by Crippen LogP contribution is -2.04. The maximum absolute atomic E-state index is 13.0. The molecule has 2 aromatic carbocycles. The second kappa shape index (κ2) is 12.9. The van der Waals surface area contributed by atoms with Crippen molar-refractivity contribution in [1.29, 1.82) is 0 Å². The number of phenolic OH excluding ortho intramolecular Hbond substituents is 5. The van der Waals surface area contributed by atoms with Gasteiger partial charge >= 0.3 is 0 Å². The predicted molar refractivity (Wildman–Crippen MR) is 143 cm³/mol. The predicted octanol–water partition coefficient (Wildman–Crippen LogP) is 6.77. The van der Waals surface area contributed by atoms with E-state index in [2.05, 4.69) is 6.08 Å². The van der Waals surface area contributed by atoms with Crippen molar-refractivity contribution in [3.8, 4) is 28.7 Å². The lowest BCUT2D eigenvalue weighted by Gasteiger charge is -2.13. The van der Waals surface area contributed by atoms with Crippen LogP contribution in [-0.4, -0.2) is 31.3 Å². The first-order chi connectivity index (χ1) is 16.9. The number of aromatic hydroxyl groups is 5. The zero-order valence-electron chi connectivity index (χ0n) is 21.9. The van der Waals surface area contributed by atoms with Crippen molar-refractivity contribution in [3.63, 3.8) is 0 Å². The summed E-state index contributed by atoms with van der Waals surface area (Å²) in [5, 5.41) is 51.6. The number of rotatable bonds is 11. The molecule has 0 heterocycles. The van der Waals surface area contributed by atoms with Crippen molar-refractivity contribution in [2.75, 3.05) is 0 Å². The number of aryl methyl sites for hydroxylation is 1. The smallest absolute Gasteiger partial charge is 0.170 e. The van der Waals surface area contributed by atoms with E-state index in [0.717, 1.165) is 30.1 Å². The van der Waals surface area contributed by atoms with Crippen LogP contribution in [0.1, 0.15) is 80.9 Å². The van der Waals surface area contributed by atoms with E-state index in [9.17, 15) is 30.3 Å². The second-order valence-corrected chi connectivity index (χ2v) is 9.72. The number of carbonyl (C=O) groups excluding carboxylic acids is 1. The molecular formula is C30H38O6. The van der Waals surface area contributed by atoms with Crippen LogP contribution in [-0.2, 0) is 19.3 Å². The molecule has 0 amide bonds. The van der Waals surface area contributed by atoms with Crippen LogP contribution in [0.2, 0.25) is 0 Å². The third kappa shape index (κ3) is 7.94. The van der Waals surface area contributed by atoms with Gasteiger partial charge in [0.15, 0.2) is 17.3 Å². The monoisotopic (exact) mass is 494 g/mol. The molecule has 2 rings (SSSR count). The molecule has 0 radical (unpaired) electrons. The summed E-state index contributed by atoms with van der Waals surface area (Å²) in [5.74, 6) is -2.13. The van der Waals surface area contributed by atoms with Crippen LogP contribution in [0, 0.1) is 0 Å². The third-order valence-electron chi connectivity index (χ3n) is 5.99. The minimum absolute atomic E-state index is 0.0464. The summed E-state index contributed by atoms with van der Waals surface area (Å²) < 4.78 is 0. The van der Waals surface area contributed by atoms with Crippen molar-refractivity contribution in [2.45, 2.75) is 73.1 Å². The fourth-order valence-corrected chi connectivity index (χ4v) is 3.86. The van der Waals surface area contributed by atoms with Gasteiger partial charge in [0, 0.05) is 23.6 Å². The van der Waals surface area contributed by atoms with Crippen LogP contribution >= 0.6 is 0 Å². The number of phenols is 5. The summed E-state index contributed by atoms with van der Waals surface area (Å²) in [7, 11) is 0. The summed E-state index contributed by atoms with van der Waals surface area (Å²) in [6.45, 7) is 9.92. The average molecular weight is 495 g/mol. The average Bonchev–Trinajstić information content (AvgIpc) is 2.78. The largest absolute Gasteiger partial charge is 0.507 e. The van der Waals surface area contributed by atoms with Gasteiger partial charge in [-0.1, -0.05) is 41.0 Å². The Morgan fingerprint density at radius 2 is 1.39 bits per heavy atom. The van der Waals surface area contributed by atoms with E-state index in [1.165, 1.54) is 11.6 Å². The van der Waals surface area contributed by atoms with E-state index in [-0.39, 0.29) is 47.6 Å². The summed E-state index contributed by atoms with van der Waals surface area (Å²) in [6, 6.07) is 4.21. The first kappa shape index (κ1) is 28.6. The van der Waals surface area contributed by atoms with Gasteiger partial charge in [0.25, 0.3) is 0 Å². The summed E-state index contributed by atoms with van der Waals surface area (Å²) >= 11 is 0. The molecule has 6 heteroatoms. The first-order valence-corrected chi connectivity index (χ1v) is 12.2. The van der Waals surface area contributed by atoms with Gasteiger partial charge in [0.1, 0.15) is 22.8 Å². The number of hydrogen-bond donors (Lipinski definition) is 5. The van der Waals surface area contributed by atoms with Gasteiger partial charge in [-0.15, -0.1) is 0 Å². The Morgan fingerprint density at radius 1 is 0.722 bits per heavy atom. The van der Waals surface area contributed by atoms with Gasteiger partial charge in [-0.3, -0.25) is 4.79 Å². The van der Waals surface area contributed by atoms with Crippen LogP contribution in [0.5, 0.6) is 28.7 Å². The molecule has 0 saturated carbocycles. The van der Waals surface area contributed by atoms with E-state index < -0.39 is 17.3 Å². The Kier molecular flexibility index (Phi) is 10.2. The molecule has 2 aromatic rings. The molecule has 0 bridgehead atoms. The van der Waals surface area contributed by atoms with Gasteiger partial charge in [0.05, 0.1) is 0 Å². The molecule has 5 N–H and O–H groups in total. The lowest BCUT2D eigenvalue weighted by atomic mass is 9.95. The zero-order valence-corrected chi connectivity index (χ0v) is 21.9. The highest BCUT2D eigenvalue weighted by atomic mass is 16.3. The van der Waals surface area contributed by atoms with Crippen LogP contribution < -0.4 is 0 Å². The molecule has 0 saturated heterocycles. The van der Waals surface area contributed by atoms with E-state index in [0.29, 0.717) is 17.5 Å². The summed E-state index contributed by atoms with van der Waals surface area (Å²) in [5.41, 5.74) is 4.54. The fourth-order valence-electron chi connectivity index (χ4n) is 3.86. The number of benzene rings is 2. The number of allylic oxidation sites excluding steroid dienone is 6. The Hall–Kier alpha value is -3.67. The Morgan fingerprint density at radius 3 is 2.03 bits per heavy atom. The molecular weight excluding hydrogens is 456 g/mol. The molecule has 0 unspecified atom stereocenters. The van der Waals surface area contributed by atoms with Crippen molar-refractivity contribution in [1.82, 2.24) is 0 Å². The molecule has 36 heavy (non-hydrogen) atoms. The van der Waals surface area contributed by atoms with Crippen molar-refractivity contribution < 1.29 is 30.3 Å². The number of hydrogen-bond acceptors (Lipinski definition) is 6. The molecule has 0 aliphatic carbocycles. The third-order valence-corrected chi connectivity index (χ3v) is 5.99. The summed E-state index contributed by atoms with van der Waals surface area (Å²) in [6.07, 6.45) is 8.54. The fraction of sp³-hybridized carbons (Fsp3) is 0.367. The molecule has 6 nitrogen and oxygen atoms in total. The van der Waals surface area contributed by atoms with E-state index in [4.69, 9.17) is 0 Å². The highest BCUT2D eigenvalue weighted by Gasteiger charge is 2.22. The van der Waals surface area contributed by atoms with Crippen molar-refractivity contribution >= 4 is 5.78 Å². The van der Waals surface area contributed by atoms with Crippen LogP contribution in [0.4, 0.5) is 0 Å². The highest BCUT2D eigenvalue weighted by molar-refractivity contribution is 6.02. The Balaban J connectivity index is 2.22. The minimum Gasteiger partial charge on any atom is -0.507 e. The van der Waals surface area contributed by atoms with E-state index in [1.807, 2.05) is 46.8 Å². The van der Waals surface area contributed by atoms with Gasteiger partial charge in [-0.25, -0.2) is 0 Å². The van der Waals surface area contributed by atoms with Crippen LogP contribution in [0.25, 0.3) is 0 Å². The van der Waals surface area contributed by atoms with E-state index >= 15 is 0 Å². The lowest BCUT2D eigenvalue weighted by molar-refractivity contribution is 0.0977. The van der Waals surface area contributed by atoms with Gasteiger partial charge in [-0.05, 0) is 78.4 Å². The standard InChI is InChI=1S/C30H38O6/c1-18(2)7-6-8-20(5)10-13-23-25(32)17-26(33)28(30(23)36)24(31)14-11-21-15-22(12-9-19(3)4)29(35)27(34)16-21/h7,9-10,15-17,32-36H,6,8,11-14H2,1-5H3. The molecule has 0 aliphatic rings. The zero-order chi connectivity index (χ0) is 27.0. The quantitative estimate of drug-likeness (QED) is 0.134. The van der Waals surface area contributed by atoms with Crippen molar-refractivity contribution in [2.24, 2.45) is 0 Å². The molecule has 194 valence electrons. The Labute approximate surface area is 213 Å². The number of ketones is 1. The van der Waals surface area contributed by atoms with Gasteiger partial charge < -0.3 is 25.5 Å². The second-order valence-electron chi connectivity index (χ2n) is 9.72.